The second-order valence-corrected chi connectivity index (χ2v) is 8.47. The number of nitrogens with one attached hydrogen (secondary N) is 1. The molecule has 8 heteroatoms. The molecule has 158 valence electrons. The summed E-state index contributed by atoms with van der Waals surface area (Å²) in [6.07, 6.45) is 10.6. The smallest absolute Gasteiger partial charge is 0.194 e. The first-order valence-corrected chi connectivity index (χ1v) is 10.9. The van der Waals surface area contributed by atoms with Gasteiger partial charge in [-0.05, 0) is 52.1 Å². The molecule has 0 aromatic carbocycles. The van der Waals surface area contributed by atoms with Crippen molar-refractivity contribution in [2.45, 2.75) is 76.9 Å². The fraction of sp³-hybridized carbons (Fsp3) is 0.850. The highest BCUT2D eigenvalue weighted by Crippen LogP contribution is 2.22. The van der Waals surface area contributed by atoms with Crippen molar-refractivity contribution in [2.24, 2.45) is 12.0 Å². The van der Waals surface area contributed by atoms with Gasteiger partial charge in [-0.25, -0.2) is 4.99 Å². The Morgan fingerprint density at radius 3 is 2.46 bits per heavy atom. The van der Waals surface area contributed by atoms with Crippen LogP contribution < -0.4 is 5.32 Å². The first-order valence-electron chi connectivity index (χ1n) is 10.9. The molecule has 3 fully saturated rings. The highest BCUT2D eigenvalue weighted by atomic mass is 127. The highest BCUT2D eigenvalue weighted by Gasteiger charge is 2.31. The van der Waals surface area contributed by atoms with E-state index in [9.17, 15) is 0 Å². The first kappa shape index (κ1) is 21.8. The third-order valence-electron chi connectivity index (χ3n) is 6.61. The van der Waals surface area contributed by atoms with Crippen molar-refractivity contribution in [1.82, 2.24) is 29.9 Å². The Balaban J connectivity index is 0.00000225. The quantitative estimate of drug-likeness (QED) is 0.391. The summed E-state index contributed by atoms with van der Waals surface area (Å²) >= 11 is 0. The summed E-state index contributed by atoms with van der Waals surface area (Å²) in [7, 11) is 2.02. The van der Waals surface area contributed by atoms with Gasteiger partial charge in [0.2, 0.25) is 0 Å². The van der Waals surface area contributed by atoms with Crippen LogP contribution in [0.4, 0.5) is 0 Å². The van der Waals surface area contributed by atoms with Crippen LogP contribution in [-0.4, -0.2) is 68.8 Å². The van der Waals surface area contributed by atoms with Gasteiger partial charge in [0.15, 0.2) is 11.8 Å². The minimum absolute atomic E-state index is 0. The summed E-state index contributed by atoms with van der Waals surface area (Å²) < 4.78 is 2.04. The lowest BCUT2D eigenvalue weighted by Crippen LogP contribution is -2.47. The average Bonchev–Trinajstić information content (AvgIpc) is 3.43. The molecule has 1 N–H and O–H groups in total. The number of aliphatic imine (C=N–C) groups is 1. The zero-order valence-electron chi connectivity index (χ0n) is 17.4. The van der Waals surface area contributed by atoms with E-state index in [2.05, 4.69) is 25.3 Å². The summed E-state index contributed by atoms with van der Waals surface area (Å²) in [6.45, 7) is 7.35. The maximum absolute atomic E-state index is 4.99. The van der Waals surface area contributed by atoms with Gasteiger partial charge in [0.1, 0.15) is 12.4 Å². The molecule has 2 saturated heterocycles. The molecule has 2 aliphatic heterocycles. The molecule has 1 aromatic heterocycles. The van der Waals surface area contributed by atoms with Gasteiger partial charge in [0.25, 0.3) is 0 Å². The Hall–Kier alpha value is -0.900. The van der Waals surface area contributed by atoms with Crippen LogP contribution >= 0.6 is 24.0 Å². The zero-order valence-corrected chi connectivity index (χ0v) is 19.8. The van der Waals surface area contributed by atoms with Crippen molar-refractivity contribution in [3.8, 4) is 0 Å². The molecule has 4 rings (SSSR count). The Bertz CT molecular complexity index is 647. The molecule has 1 aromatic rings. The van der Waals surface area contributed by atoms with Crippen molar-refractivity contribution in [3.63, 3.8) is 0 Å². The lowest BCUT2D eigenvalue weighted by atomic mass is 9.96. The average molecular weight is 501 g/mol. The minimum atomic E-state index is 0. The van der Waals surface area contributed by atoms with Crippen molar-refractivity contribution in [1.29, 1.82) is 0 Å². The summed E-state index contributed by atoms with van der Waals surface area (Å²) in [5, 5.41) is 12.3. The van der Waals surface area contributed by atoms with Gasteiger partial charge in [0, 0.05) is 32.2 Å². The third kappa shape index (κ3) is 5.17. The second-order valence-electron chi connectivity index (χ2n) is 8.47. The standard InChI is InChI=1S/C20H35N7.HI/c1-16-23-24-19(25(16)2)14-21-20(22-17-8-4-3-5-9-17)27-13-10-18(15-27)26-11-6-7-12-26;/h17-18H,3-15H2,1-2H3,(H,21,22);1H. The van der Waals surface area contributed by atoms with Crippen molar-refractivity contribution >= 4 is 29.9 Å². The molecule has 0 amide bonds. The van der Waals surface area contributed by atoms with Gasteiger partial charge in [-0.15, -0.1) is 34.2 Å². The fourth-order valence-corrected chi connectivity index (χ4v) is 4.74. The van der Waals surface area contributed by atoms with Gasteiger partial charge in [-0.2, -0.15) is 0 Å². The molecule has 1 atom stereocenters. The lowest BCUT2D eigenvalue weighted by molar-refractivity contribution is 0.248. The largest absolute Gasteiger partial charge is 0.353 e. The van der Waals surface area contributed by atoms with Crippen LogP contribution in [0.3, 0.4) is 0 Å². The number of hydrogen-bond acceptors (Lipinski definition) is 4. The molecule has 1 unspecified atom stereocenters. The van der Waals surface area contributed by atoms with Gasteiger partial charge in [-0.1, -0.05) is 19.3 Å². The molecule has 0 radical (unpaired) electrons. The van der Waals surface area contributed by atoms with Gasteiger partial charge in [0.05, 0.1) is 0 Å². The first-order chi connectivity index (χ1) is 13.2. The molecule has 7 nitrogen and oxygen atoms in total. The summed E-state index contributed by atoms with van der Waals surface area (Å²) in [4.78, 5) is 10.2. The number of nitrogens with zero attached hydrogens (tertiary/aromatic N) is 6. The number of rotatable bonds is 4. The summed E-state index contributed by atoms with van der Waals surface area (Å²) in [5.74, 6) is 2.97. The third-order valence-corrected chi connectivity index (χ3v) is 6.61. The Labute approximate surface area is 186 Å². The molecular weight excluding hydrogens is 465 g/mol. The minimum Gasteiger partial charge on any atom is -0.353 e. The SMILES string of the molecule is Cc1nnc(CN=C(NC2CCCCC2)N2CCC(N3CCCC3)C2)n1C.I. The van der Waals surface area contributed by atoms with Crippen LogP contribution in [-0.2, 0) is 13.6 Å². The topological polar surface area (TPSA) is 61.6 Å². The lowest BCUT2D eigenvalue weighted by Gasteiger charge is -2.30. The fourth-order valence-electron chi connectivity index (χ4n) is 4.74. The van der Waals surface area contributed by atoms with E-state index in [1.807, 2.05) is 18.5 Å². The van der Waals surface area contributed by atoms with E-state index < -0.39 is 0 Å². The van der Waals surface area contributed by atoms with Crippen molar-refractivity contribution in [2.75, 3.05) is 26.2 Å². The normalized spacial score (nSPS) is 24.6. The van der Waals surface area contributed by atoms with Crippen LogP contribution in [0.1, 0.15) is 63.0 Å². The van der Waals surface area contributed by atoms with E-state index in [1.165, 1.54) is 64.5 Å². The van der Waals surface area contributed by atoms with E-state index in [0.717, 1.165) is 30.7 Å². The second kappa shape index (κ2) is 10.2. The predicted octanol–water partition coefficient (Wildman–Crippen LogP) is 2.69. The Morgan fingerprint density at radius 2 is 1.79 bits per heavy atom. The number of likely N-dealkylation sites (tertiary alicyclic amines) is 2. The van der Waals surface area contributed by atoms with Crippen molar-refractivity contribution < 1.29 is 0 Å². The molecule has 3 aliphatic rings. The van der Waals surface area contributed by atoms with E-state index in [4.69, 9.17) is 4.99 Å². The van der Waals surface area contributed by atoms with E-state index in [1.54, 1.807) is 0 Å². The molecule has 1 aliphatic carbocycles. The van der Waals surface area contributed by atoms with Gasteiger partial charge >= 0.3 is 0 Å². The summed E-state index contributed by atoms with van der Waals surface area (Å²) in [6, 6.07) is 1.27. The Kier molecular flexibility index (Phi) is 7.96. The monoisotopic (exact) mass is 501 g/mol. The van der Waals surface area contributed by atoms with Crippen LogP contribution in [0.25, 0.3) is 0 Å². The zero-order chi connectivity index (χ0) is 18.6. The van der Waals surface area contributed by atoms with Gasteiger partial charge < -0.3 is 14.8 Å². The number of aryl methyl sites for hydroxylation is 1. The van der Waals surface area contributed by atoms with E-state index >= 15 is 0 Å². The van der Waals surface area contributed by atoms with Crippen LogP contribution in [0.15, 0.2) is 4.99 Å². The van der Waals surface area contributed by atoms with Gasteiger partial charge in [-0.3, -0.25) is 4.90 Å². The number of halogens is 1. The number of aromatic nitrogens is 3. The molecule has 28 heavy (non-hydrogen) atoms. The molecule has 1 saturated carbocycles. The van der Waals surface area contributed by atoms with Crippen LogP contribution in [0.2, 0.25) is 0 Å². The van der Waals surface area contributed by atoms with Crippen LogP contribution in [0, 0.1) is 6.92 Å². The van der Waals surface area contributed by atoms with E-state index in [-0.39, 0.29) is 24.0 Å². The molecular formula is C20H36IN7. The molecule has 3 heterocycles. The van der Waals surface area contributed by atoms with Crippen LogP contribution in [0.5, 0.6) is 0 Å². The van der Waals surface area contributed by atoms with E-state index in [0.29, 0.717) is 18.6 Å². The number of guanidine groups is 1. The van der Waals surface area contributed by atoms with Crippen molar-refractivity contribution in [3.05, 3.63) is 11.6 Å². The maximum Gasteiger partial charge on any atom is 0.194 e. The summed E-state index contributed by atoms with van der Waals surface area (Å²) in [5.41, 5.74) is 0. The number of hydrogen-bond donors (Lipinski definition) is 1. The highest BCUT2D eigenvalue weighted by molar-refractivity contribution is 14.0. The molecule has 0 spiro atoms. The molecule has 0 bridgehead atoms. The maximum atomic E-state index is 4.99. The predicted molar refractivity (Wildman–Crippen MR) is 123 cm³/mol. The Morgan fingerprint density at radius 1 is 1.04 bits per heavy atom.